The van der Waals surface area contributed by atoms with Crippen LogP contribution in [0.3, 0.4) is 0 Å². The highest BCUT2D eigenvalue weighted by Gasteiger charge is 2.34. The predicted molar refractivity (Wildman–Crippen MR) is 134 cm³/mol. The van der Waals surface area contributed by atoms with Crippen molar-refractivity contribution in [2.45, 2.75) is 57.3 Å². The normalized spacial score (nSPS) is 18.1. The molecule has 1 saturated carbocycles. The Morgan fingerprint density at radius 1 is 0.943 bits per heavy atom. The maximum Gasteiger partial charge on any atom is 0.227 e. The molecule has 1 heterocycles. The van der Waals surface area contributed by atoms with Gasteiger partial charge >= 0.3 is 0 Å². The number of amides is 1. The fraction of sp³-hybridized carbons (Fsp3) is 0.345. The van der Waals surface area contributed by atoms with E-state index in [2.05, 4.69) is 0 Å². The molecular formula is C29H31NO5. The largest absolute Gasteiger partial charge is 0.504 e. The number of aromatic hydroxyl groups is 1. The molecule has 35 heavy (non-hydrogen) atoms. The number of methoxy groups -OCH3 is 1. The molecule has 5 rings (SSSR count). The van der Waals surface area contributed by atoms with E-state index >= 15 is 0 Å². The number of phenolic OH excluding ortho intramolecular Hbond substituents is 1. The molecule has 6 heteroatoms. The first-order valence-electron chi connectivity index (χ1n) is 12.3. The van der Waals surface area contributed by atoms with Gasteiger partial charge in [0.2, 0.25) is 5.91 Å². The molecule has 1 aliphatic carbocycles. The van der Waals surface area contributed by atoms with Crippen LogP contribution in [0.4, 0.5) is 5.69 Å². The second-order valence-electron chi connectivity index (χ2n) is 9.21. The van der Waals surface area contributed by atoms with Crippen molar-refractivity contribution in [2.24, 2.45) is 0 Å². The van der Waals surface area contributed by atoms with Crippen molar-refractivity contribution < 1.29 is 24.1 Å². The second-order valence-corrected chi connectivity index (χ2v) is 9.21. The number of hydrogen-bond acceptors (Lipinski definition) is 5. The van der Waals surface area contributed by atoms with Gasteiger partial charge in [0.05, 0.1) is 19.3 Å². The Bertz CT molecular complexity index is 1190. The summed E-state index contributed by atoms with van der Waals surface area (Å²) in [4.78, 5) is 14.8. The highest BCUT2D eigenvalue weighted by atomic mass is 16.5. The number of carbonyl (C=O) groups is 1. The highest BCUT2D eigenvalue weighted by Crippen LogP contribution is 2.41. The zero-order chi connectivity index (χ0) is 24.2. The molecule has 1 atom stereocenters. The van der Waals surface area contributed by atoms with Gasteiger partial charge in [-0.25, -0.2) is 0 Å². The van der Waals surface area contributed by atoms with E-state index in [1.54, 1.807) is 13.2 Å². The quantitative estimate of drug-likeness (QED) is 0.424. The van der Waals surface area contributed by atoms with E-state index < -0.39 is 0 Å². The number of ether oxygens (including phenoxy) is 3. The Morgan fingerprint density at radius 3 is 2.57 bits per heavy atom. The predicted octanol–water partition coefficient (Wildman–Crippen LogP) is 6.17. The average molecular weight is 474 g/mol. The molecule has 2 aliphatic rings. The van der Waals surface area contributed by atoms with Gasteiger partial charge in [0.15, 0.2) is 11.5 Å². The third kappa shape index (κ3) is 5.21. The molecule has 182 valence electrons. The monoisotopic (exact) mass is 473 g/mol. The lowest BCUT2D eigenvalue weighted by Gasteiger charge is -2.26. The van der Waals surface area contributed by atoms with Gasteiger partial charge in [0.1, 0.15) is 18.1 Å². The van der Waals surface area contributed by atoms with Gasteiger partial charge in [0.25, 0.3) is 0 Å². The molecular weight excluding hydrogens is 442 g/mol. The van der Waals surface area contributed by atoms with E-state index in [0.717, 1.165) is 48.2 Å². The Balaban J connectivity index is 1.34. The molecule has 0 spiro atoms. The summed E-state index contributed by atoms with van der Waals surface area (Å²) in [5.74, 6) is 2.20. The van der Waals surface area contributed by atoms with Gasteiger partial charge < -0.3 is 24.2 Å². The van der Waals surface area contributed by atoms with E-state index in [9.17, 15) is 9.90 Å². The van der Waals surface area contributed by atoms with Crippen LogP contribution >= 0.6 is 0 Å². The Kier molecular flexibility index (Phi) is 6.80. The number of rotatable bonds is 8. The third-order valence-corrected chi connectivity index (χ3v) is 6.81. The lowest BCUT2D eigenvalue weighted by Crippen LogP contribution is -2.27. The van der Waals surface area contributed by atoms with Crippen LogP contribution < -0.4 is 19.1 Å². The SMILES string of the molecule is COc1cccc(COc2cccc(N3C(=O)CCC3c3ccc(O)c(OC4CCCC4)c3)c2)c1. The smallest absolute Gasteiger partial charge is 0.227 e. The Labute approximate surface area is 206 Å². The summed E-state index contributed by atoms with van der Waals surface area (Å²) in [5.41, 5.74) is 2.76. The highest BCUT2D eigenvalue weighted by molar-refractivity contribution is 5.96. The molecule has 0 aromatic heterocycles. The van der Waals surface area contributed by atoms with Gasteiger partial charge in [0, 0.05) is 18.2 Å². The first-order valence-corrected chi connectivity index (χ1v) is 12.3. The maximum absolute atomic E-state index is 12.9. The number of nitrogens with zero attached hydrogens (tertiary/aromatic N) is 1. The van der Waals surface area contributed by atoms with Crippen LogP contribution in [0, 0.1) is 0 Å². The Morgan fingerprint density at radius 2 is 1.74 bits per heavy atom. The molecule has 0 bridgehead atoms. The van der Waals surface area contributed by atoms with Gasteiger partial charge in [-0.2, -0.15) is 0 Å². The molecule has 2 fully saturated rings. The van der Waals surface area contributed by atoms with Crippen LogP contribution in [0.2, 0.25) is 0 Å². The number of anilines is 1. The average Bonchev–Trinajstić information content (AvgIpc) is 3.54. The van der Waals surface area contributed by atoms with Crippen molar-refractivity contribution >= 4 is 11.6 Å². The Hall–Kier alpha value is -3.67. The molecule has 1 unspecified atom stereocenters. The molecule has 3 aromatic rings. The van der Waals surface area contributed by atoms with E-state index in [0.29, 0.717) is 30.9 Å². The fourth-order valence-corrected chi connectivity index (χ4v) is 4.99. The maximum atomic E-state index is 12.9. The van der Waals surface area contributed by atoms with Crippen molar-refractivity contribution in [1.82, 2.24) is 0 Å². The third-order valence-electron chi connectivity index (χ3n) is 6.81. The van der Waals surface area contributed by atoms with Crippen LogP contribution in [-0.2, 0) is 11.4 Å². The van der Waals surface area contributed by atoms with E-state index in [1.807, 2.05) is 65.6 Å². The van der Waals surface area contributed by atoms with Crippen LogP contribution in [0.25, 0.3) is 0 Å². The lowest BCUT2D eigenvalue weighted by molar-refractivity contribution is -0.117. The first-order chi connectivity index (χ1) is 17.1. The van der Waals surface area contributed by atoms with Crippen LogP contribution in [-0.4, -0.2) is 24.2 Å². The minimum absolute atomic E-state index is 0.0753. The first kappa shape index (κ1) is 23.1. The summed E-state index contributed by atoms with van der Waals surface area (Å²) < 4.78 is 17.4. The molecule has 1 amide bonds. The van der Waals surface area contributed by atoms with E-state index in [-0.39, 0.29) is 23.8 Å². The van der Waals surface area contributed by atoms with Crippen LogP contribution in [0.1, 0.15) is 55.7 Å². The van der Waals surface area contributed by atoms with E-state index in [4.69, 9.17) is 14.2 Å². The lowest BCUT2D eigenvalue weighted by atomic mass is 10.0. The molecule has 3 aromatic carbocycles. The number of benzene rings is 3. The summed E-state index contributed by atoms with van der Waals surface area (Å²) in [6.45, 7) is 0.401. The van der Waals surface area contributed by atoms with Gasteiger partial charge in [-0.1, -0.05) is 24.3 Å². The summed E-state index contributed by atoms with van der Waals surface area (Å²) in [5, 5.41) is 10.4. The van der Waals surface area contributed by atoms with Gasteiger partial charge in [-0.3, -0.25) is 4.79 Å². The van der Waals surface area contributed by atoms with Gasteiger partial charge in [-0.05, 0) is 79.6 Å². The molecule has 1 saturated heterocycles. The zero-order valence-electron chi connectivity index (χ0n) is 20.0. The topological polar surface area (TPSA) is 68.2 Å². The summed E-state index contributed by atoms with van der Waals surface area (Å²) in [6, 6.07) is 20.7. The van der Waals surface area contributed by atoms with E-state index in [1.165, 1.54) is 0 Å². The number of hydrogen-bond donors (Lipinski definition) is 1. The fourth-order valence-electron chi connectivity index (χ4n) is 4.99. The number of carbonyl (C=O) groups excluding carboxylic acids is 1. The van der Waals surface area contributed by atoms with Crippen molar-refractivity contribution in [2.75, 3.05) is 12.0 Å². The molecule has 6 nitrogen and oxygen atoms in total. The minimum atomic E-state index is -0.123. The molecule has 0 radical (unpaired) electrons. The van der Waals surface area contributed by atoms with Crippen LogP contribution in [0.5, 0.6) is 23.0 Å². The van der Waals surface area contributed by atoms with Crippen molar-refractivity contribution in [3.63, 3.8) is 0 Å². The summed E-state index contributed by atoms with van der Waals surface area (Å²) in [7, 11) is 1.64. The zero-order valence-corrected chi connectivity index (χ0v) is 20.0. The van der Waals surface area contributed by atoms with Crippen molar-refractivity contribution in [3.8, 4) is 23.0 Å². The molecule has 1 aliphatic heterocycles. The van der Waals surface area contributed by atoms with Crippen molar-refractivity contribution in [3.05, 3.63) is 77.9 Å². The number of phenols is 1. The van der Waals surface area contributed by atoms with Crippen LogP contribution in [0.15, 0.2) is 66.7 Å². The molecule has 1 N–H and O–H groups in total. The minimum Gasteiger partial charge on any atom is -0.504 e. The summed E-state index contributed by atoms with van der Waals surface area (Å²) in [6.07, 6.45) is 5.68. The standard InChI is InChI=1S/C29H31NO5/c1-33-24-10-4-6-20(16-24)19-34-25-11-5-7-22(18-25)30-26(13-15-29(30)32)21-12-14-27(31)28(17-21)35-23-8-2-3-9-23/h4-7,10-12,14,16-18,23,26,31H,2-3,8-9,13,15,19H2,1H3. The van der Waals surface area contributed by atoms with Crippen molar-refractivity contribution in [1.29, 1.82) is 0 Å². The second kappa shape index (κ2) is 10.3. The van der Waals surface area contributed by atoms with Gasteiger partial charge in [-0.15, -0.1) is 0 Å². The summed E-state index contributed by atoms with van der Waals surface area (Å²) >= 11 is 0.